The van der Waals surface area contributed by atoms with Crippen LogP contribution in [-0.4, -0.2) is 11.6 Å². The molecule has 2 rings (SSSR count). The lowest BCUT2D eigenvalue weighted by Gasteiger charge is -2.21. The van der Waals surface area contributed by atoms with Crippen LogP contribution in [0, 0.1) is 0 Å². The van der Waals surface area contributed by atoms with Crippen molar-refractivity contribution in [2.45, 2.75) is 31.4 Å². The van der Waals surface area contributed by atoms with E-state index in [1.165, 1.54) is 6.07 Å². The molecule has 6 heteroatoms. The van der Waals surface area contributed by atoms with Crippen molar-refractivity contribution in [3.8, 4) is 0 Å². The van der Waals surface area contributed by atoms with Crippen molar-refractivity contribution in [1.82, 2.24) is 0 Å². The van der Waals surface area contributed by atoms with Gasteiger partial charge < -0.3 is 0 Å². The summed E-state index contributed by atoms with van der Waals surface area (Å²) in [5.74, 6) is -0.878. The van der Waals surface area contributed by atoms with Gasteiger partial charge in [0.15, 0.2) is 0 Å². The molecule has 0 heterocycles. The first kappa shape index (κ1) is 14.2. The molecule has 1 aliphatic rings. The monoisotopic (exact) mass is 334 g/mol. The van der Waals surface area contributed by atoms with E-state index in [1.54, 1.807) is 0 Å². The van der Waals surface area contributed by atoms with Gasteiger partial charge in [-0.25, -0.2) is 0 Å². The quantitative estimate of drug-likeness (QED) is 0.730. The lowest BCUT2D eigenvalue weighted by atomic mass is 9.82. The van der Waals surface area contributed by atoms with E-state index in [0.717, 1.165) is 12.1 Å². The molecular weight excluding hydrogens is 325 g/mol. The number of benzene rings is 1. The Kier molecular flexibility index (Phi) is 3.80. The zero-order valence-electron chi connectivity index (χ0n) is 9.76. The van der Waals surface area contributed by atoms with Crippen molar-refractivity contribution in [1.29, 1.82) is 0 Å². The number of carbonyl (C=O) groups is 2. The van der Waals surface area contributed by atoms with Crippen molar-refractivity contribution in [3.05, 3.63) is 33.8 Å². The highest BCUT2D eigenvalue weighted by atomic mass is 79.9. The maximum absolute atomic E-state index is 12.7. The highest BCUT2D eigenvalue weighted by Crippen LogP contribution is 2.36. The molecule has 2 nitrogen and oxygen atoms in total. The standard InChI is InChI=1S/C13H10BrF3O2/c14-10-2-7(1-9(5-10)13(15,16)17)8-3-11(18)6-12(19)4-8/h1-2,5,8H,3-4,6H2. The van der Waals surface area contributed by atoms with Crippen LogP contribution in [0.2, 0.25) is 0 Å². The second kappa shape index (κ2) is 5.07. The Morgan fingerprint density at radius 1 is 1.05 bits per heavy atom. The summed E-state index contributed by atoms with van der Waals surface area (Å²) in [4.78, 5) is 22.7. The molecule has 0 bridgehead atoms. The maximum atomic E-state index is 12.7. The average Bonchev–Trinajstić information content (AvgIpc) is 2.25. The fourth-order valence-electron chi connectivity index (χ4n) is 2.23. The van der Waals surface area contributed by atoms with Gasteiger partial charge in [0.2, 0.25) is 0 Å². The molecule has 1 aliphatic carbocycles. The van der Waals surface area contributed by atoms with Crippen molar-refractivity contribution in [2.75, 3.05) is 0 Å². The summed E-state index contributed by atoms with van der Waals surface area (Å²) in [6, 6.07) is 3.53. The molecule has 0 atom stereocenters. The first-order chi connectivity index (χ1) is 8.75. The van der Waals surface area contributed by atoms with Crippen LogP contribution in [0.15, 0.2) is 22.7 Å². The zero-order chi connectivity index (χ0) is 14.2. The van der Waals surface area contributed by atoms with Crippen LogP contribution in [0.4, 0.5) is 13.2 Å². The molecule has 1 saturated carbocycles. The van der Waals surface area contributed by atoms with Gasteiger partial charge in [0.05, 0.1) is 12.0 Å². The van der Waals surface area contributed by atoms with E-state index in [2.05, 4.69) is 15.9 Å². The van der Waals surface area contributed by atoms with E-state index in [0.29, 0.717) is 10.0 Å². The molecule has 0 aromatic heterocycles. The lowest BCUT2D eigenvalue weighted by Crippen LogP contribution is -2.21. The Balaban J connectivity index is 2.37. The normalized spacial score (nSPS) is 17.9. The Morgan fingerprint density at radius 2 is 1.63 bits per heavy atom. The minimum Gasteiger partial charge on any atom is -0.299 e. The zero-order valence-corrected chi connectivity index (χ0v) is 11.3. The molecule has 0 radical (unpaired) electrons. The number of hydrogen-bond acceptors (Lipinski definition) is 2. The molecule has 0 saturated heterocycles. The van der Waals surface area contributed by atoms with Gasteiger partial charge in [-0.3, -0.25) is 9.59 Å². The Hall–Kier alpha value is -1.17. The van der Waals surface area contributed by atoms with Crippen molar-refractivity contribution in [2.24, 2.45) is 0 Å². The summed E-state index contributed by atoms with van der Waals surface area (Å²) in [6.07, 6.45) is -4.29. The topological polar surface area (TPSA) is 34.1 Å². The summed E-state index contributed by atoms with van der Waals surface area (Å²) in [6.45, 7) is 0. The highest BCUT2D eigenvalue weighted by molar-refractivity contribution is 9.10. The van der Waals surface area contributed by atoms with Crippen LogP contribution >= 0.6 is 15.9 Å². The second-order valence-corrected chi connectivity index (χ2v) is 5.55. The average molecular weight is 335 g/mol. The molecule has 0 aliphatic heterocycles. The Labute approximate surface area is 116 Å². The Morgan fingerprint density at radius 3 is 2.16 bits per heavy atom. The molecule has 0 spiro atoms. The number of alkyl halides is 3. The highest BCUT2D eigenvalue weighted by Gasteiger charge is 2.33. The van der Waals surface area contributed by atoms with Gasteiger partial charge >= 0.3 is 6.18 Å². The predicted octanol–water partition coefficient (Wildman–Crippen LogP) is 3.87. The van der Waals surface area contributed by atoms with Crippen LogP contribution in [-0.2, 0) is 15.8 Å². The first-order valence-electron chi connectivity index (χ1n) is 5.67. The minimum absolute atomic E-state index is 0.101. The first-order valence-corrected chi connectivity index (χ1v) is 6.46. The number of Topliss-reactive ketones (excluding diaryl/α,β-unsaturated/α-hetero) is 2. The van der Waals surface area contributed by atoms with Crippen LogP contribution in [0.5, 0.6) is 0 Å². The number of halogens is 4. The van der Waals surface area contributed by atoms with Gasteiger partial charge in [-0.15, -0.1) is 0 Å². The third-order valence-electron chi connectivity index (χ3n) is 3.06. The number of ketones is 2. The van der Waals surface area contributed by atoms with Gasteiger partial charge in [0.25, 0.3) is 0 Å². The molecular formula is C13H10BrF3O2. The summed E-state index contributed by atoms with van der Waals surface area (Å²) < 4.78 is 38.4. The second-order valence-electron chi connectivity index (χ2n) is 4.63. The van der Waals surface area contributed by atoms with Crippen LogP contribution in [0.25, 0.3) is 0 Å². The fourth-order valence-corrected chi connectivity index (χ4v) is 2.74. The SMILES string of the molecule is O=C1CC(=O)CC(c2cc(Br)cc(C(F)(F)F)c2)C1. The van der Waals surface area contributed by atoms with Crippen LogP contribution < -0.4 is 0 Å². The summed E-state index contributed by atoms with van der Waals surface area (Å²) >= 11 is 3.03. The van der Waals surface area contributed by atoms with E-state index < -0.39 is 17.7 Å². The van der Waals surface area contributed by atoms with E-state index in [9.17, 15) is 22.8 Å². The minimum atomic E-state index is -4.44. The van der Waals surface area contributed by atoms with Crippen LogP contribution in [0.3, 0.4) is 0 Å². The summed E-state index contributed by atoms with van der Waals surface area (Å²) in [7, 11) is 0. The third kappa shape index (κ3) is 3.43. The van der Waals surface area contributed by atoms with E-state index in [4.69, 9.17) is 0 Å². The largest absolute Gasteiger partial charge is 0.416 e. The number of hydrogen-bond donors (Lipinski definition) is 0. The van der Waals surface area contributed by atoms with Crippen molar-refractivity contribution in [3.63, 3.8) is 0 Å². The smallest absolute Gasteiger partial charge is 0.299 e. The fraction of sp³-hybridized carbons (Fsp3) is 0.385. The van der Waals surface area contributed by atoms with Gasteiger partial charge in [-0.2, -0.15) is 13.2 Å². The molecule has 0 amide bonds. The van der Waals surface area contributed by atoms with E-state index in [1.807, 2.05) is 0 Å². The molecule has 19 heavy (non-hydrogen) atoms. The molecule has 0 unspecified atom stereocenters. The molecule has 0 N–H and O–H groups in total. The van der Waals surface area contributed by atoms with Crippen molar-refractivity contribution < 1.29 is 22.8 Å². The number of carbonyl (C=O) groups excluding carboxylic acids is 2. The third-order valence-corrected chi connectivity index (χ3v) is 3.52. The molecule has 1 aromatic rings. The lowest BCUT2D eigenvalue weighted by molar-refractivity contribution is -0.137. The van der Waals surface area contributed by atoms with E-state index in [-0.39, 0.29) is 30.8 Å². The Bertz CT molecular complexity index is 521. The molecule has 1 aromatic carbocycles. The van der Waals surface area contributed by atoms with Crippen LogP contribution in [0.1, 0.15) is 36.3 Å². The van der Waals surface area contributed by atoms with Gasteiger partial charge in [-0.05, 0) is 29.7 Å². The maximum Gasteiger partial charge on any atom is 0.416 e. The predicted molar refractivity (Wildman–Crippen MR) is 65.8 cm³/mol. The van der Waals surface area contributed by atoms with Crippen molar-refractivity contribution >= 4 is 27.5 Å². The van der Waals surface area contributed by atoms with E-state index >= 15 is 0 Å². The molecule has 102 valence electrons. The van der Waals surface area contributed by atoms with Gasteiger partial charge in [-0.1, -0.05) is 15.9 Å². The summed E-state index contributed by atoms with van der Waals surface area (Å²) in [5, 5.41) is 0. The molecule has 1 fully saturated rings. The van der Waals surface area contributed by atoms with Gasteiger partial charge in [0, 0.05) is 17.3 Å². The number of rotatable bonds is 1. The van der Waals surface area contributed by atoms with Gasteiger partial charge in [0.1, 0.15) is 11.6 Å². The summed E-state index contributed by atoms with van der Waals surface area (Å²) in [5.41, 5.74) is -0.398.